The SMILES string of the molecule is Cn1c(=O)n(C2CCC(=O)NC2=O)c2cccc(/C=C/C3CCN(CC4CCC(CNC(=O)[C@@H]5NC6(CCCCC6)[C@@]6(C(=O)Nc7cc(Cl)ccc76)[C@H]5c5cccc(Cl)c5F)CC4)CC3)c21. The third kappa shape index (κ3) is 7.71. The fourth-order valence-corrected chi connectivity index (χ4v) is 13.3. The first-order valence-electron chi connectivity index (χ1n) is 23.9. The van der Waals surface area contributed by atoms with Gasteiger partial charge in [0.15, 0.2) is 0 Å². The second-order valence-corrected chi connectivity index (χ2v) is 20.7. The maximum absolute atomic E-state index is 16.3. The van der Waals surface area contributed by atoms with Crippen LogP contribution in [0.4, 0.5) is 10.1 Å². The number of nitrogens with one attached hydrogen (secondary N) is 4. The molecule has 4 atom stereocenters. The third-order valence-electron chi connectivity index (χ3n) is 16.2. The molecule has 12 nitrogen and oxygen atoms in total. The van der Waals surface area contributed by atoms with Gasteiger partial charge in [-0.1, -0.05) is 84.9 Å². The molecule has 2 aliphatic carbocycles. The summed E-state index contributed by atoms with van der Waals surface area (Å²) in [5.41, 5.74) is 1.71. The molecule has 1 aromatic heterocycles. The Kier molecular flexibility index (Phi) is 12.3. The zero-order chi connectivity index (χ0) is 45.9. The van der Waals surface area contributed by atoms with Crippen molar-refractivity contribution in [2.24, 2.45) is 24.8 Å². The van der Waals surface area contributed by atoms with Crippen molar-refractivity contribution in [3.05, 3.63) is 104 Å². The zero-order valence-electron chi connectivity index (χ0n) is 37.4. The number of hydrogen-bond donors (Lipinski definition) is 4. The van der Waals surface area contributed by atoms with E-state index in [0.717, 1.165) is 94.1 Å². The molecule has 348 valence electrons. The van der Waals surface area contributed by atoms with Gasteiger partial charge in [-0.05, 0) is 124 Å². The highest BCUT2D eigenvalue weighted by molar-refractivity contribution is 6.31. The van der Waals surface area contributed by atoms with E-state index in [2.05, 4.69) is 38.3 Å². The Morgan fingerprint density at radius 2 is 1.64 bits per heavy atom. The number of amides is 4. The van der Waals surface area contributed by atoms with Gasteiger partial charge < -0.3 is 15.5 Å². The average molecular weight is 939 g/mol. The number of carbonyl (C=O) groups excluding carboxylic acids is 4. The molecule has 4 aromatic rings. The van der Waals surface area contributed by atoms with Crippen molar-refractivity contribution < 1.29 is 23.6 Å². The largest absolute Gasteiger partial charge is 0.354 e. The van der Waals surface area contributed by atoms with E-state index in [0.29, 0.717) is 59.8 Å². The first kappa shape index (κ1) is 45.0. The summed E-state index contributed by atoms with van der Waals surface area (Å²) in [5, 5.41) is 13.0. The van der Waals surface area contributed by atoms with Crippen LogP contribution in [0.15, 0.2) is 65.5 Å². The number of rotatable bonds is 9. The number of nitrogens with zero attached hydrogens (tertiary/aromatic N) is 3. The summed E-state index contributed by atoms with van der Waals surface area (Å²) in [6, 6.07) is 14.5. The van der Waals surface area contributed by atoms with E-state index in [1.165, 1.54) is 10.6 Å². The van der Waals surface area contributed by atoms with Crippen LogP contribution < -0.4 is 27.0 Å². The molecule has 5 fully saturated rings. The molecule has 15 heteroatoms. The van der Waals surface area contributed by atoms with Crippen molar-refractivity contribution in [1.82, 2.24) is 30.0 Å². The number of imidazole rings is 1. The lowest BCUT2D eigenvalue weighted by molar-refractivity contribution is -0.135. The number of likely N-dealkylation sites (tertiary alicyclic amines) is 1. The van der Waals surface area contributed by atoms with Crippen molar-refractivity contribution in [3.63, 3.8) is 0 Å². The molecule has 2 saturated carbocycles. The number of benzene rings is 3. The van der Waals surface area contributed by atoms with Crippen LogP contribution in [0.2, 0.25) is 10.0 Å². The highest BCUT2D eigenvalue weighted by Crippen LogP contribution is 2.63. The molecule has 0 bridgehead atoms. The number of carbonyl (C=O) groups is 4. The van der Waals surface area contributed by atoms with E-state index in [4.69, 9.17) is 23.2 Å². The number of aryl methyl sites for hydroxylation is 1. The van der Waals surface area contributed by atoms with Gasteiger partial charge in [0, 0.05) is 54.3 Å². The molecular weight excluding hydrogens is 881 g/mol. The van der Waals surface area contributed by atoms with Crippen LogP contribution in [0, 0.1) is 23.6 Å². The summed E-state index contributed by atoms with van der Waals surface area (Å²) in [6.45, 7) is 3.61. The molecule has 4 N–H and O–H groups in total. The van der Waals surface area contributed by atoms with Crippen LogP contribution in [-0.2, 0) is 31.6 Å². The predicted octanol–water partition coefficient (Wildman–Crippen LogP) is 7.76. The fourth-order valence-electron chi connectivity index (χ4n) is 13.0. The first-order valence-corrected chi connectivity index (χ1v) is 24.7. The summed E-state index contributed by atoms with van der Waals surface area (Å²) in [5.74, 6) is -1.34. The third-order valence-corrected chi connectivity index (χ3v) is 16.7. The topological polar surface area (TPSA) is 147 Å². The number of piperidine rings is 2. The van der Waals surface area contributed by atoms with E-state index in [1.54, 1.807) is 35.9 Å². The minimum atomic E-state index is -1.26. The van der Waals surface area contributed by atoms with Gasteiger partial charge in [-0.2, -0.15) is 0 Å². The molecule has 1 unspecified atom stereocenters. The number of imide groups is 1. The van der Waals surface area contributed by atoms with E-state index in [1.807, 2.05) is 24.3 Å². The standard InChI is InChI=1S/C51H58Cl2FN7O5/c1-59-45-33(7-5-10-39(45)61(49(59)66)40-19-20-41(62)57-46(40)63)16-15-30-21-25-60(26-22-30)29-32-13-11-31(12-14-32)28-55-47(64)44-42(35-8-6-9-37(53)43(35)54)51(50(58-44)23-3-2-4-24-50)36-18-17-34(52)27-38(36)56-48(51)65/h5-10,15-18,27,30-32,40,42,44,58H,2-4,11-14,19-26,28-29H2,1H3,(H,55,64)(H,56,65)(H,57,62,63)/b16-15+/t31?,32?,40?,42-,44+,51+/m0/s1. The lowest BCUT2D eigenvalue weighted by Crippen LogP contribution is -2.60. The average Bonchev–Trinajstić information content (AvgIpc) is 3.87. The van der Waals surface area contributed by atoms with Gasteiger partial charge in [-0.3, -0.25) is 38.9 Å². The second-order valence-electron chi connectivity index (χ2n) is 19.9. The van der Waals surface area contributed by atoms with Gasteiger partial charge in [0.05, 0.1) is 22.1 Å². The van der Waals surface area contributed by atoms with Crippen LogP contribution in [0.3, 0.4) is 0 Å². The van der Waals surface area contributed by atoms with Gasteiger partial charge in [0.2, 0.25) is 23.6 Å². The monoisotopic (exact) mass is 937 g/mol. The number of allylic oxidation sites excluding steroid dienone is 1. The first-order chi connectivity index (χ1) is 31.9. The van der Waals surface area contributed by atoms with Crippen molar-refractivity contribution in [2.45, 2.75) is 112 Å². The molecule has 4 aliphatic heterocycles. The summed E-state index contributed by atoms with van der Waals surface area (Å²) in [6.07, 6.45) is 15.3. The molecule has 3 saturated heterocycles. The highest BCUT2D eigenvalue weighted by Gasteiger charge is 2.72. The number of anilines is 1. The lowest BCUT2D eigenvalue weighted by Gasteiger charge is -2.47. The summed E-state index contributed by atoms with van der Waals surface area (Å²) >= 11 is 12.9. The highest BCUT2D eigenvalue weighted by atomic mass is 35.5. The zero-order valence-corrected chi connectivity index (χ0v) is 38.9. The van der Waals surface area contributed by atoms with Gasteiger partial charge >= 0.3 is 5.69 Å². The number of aromatic nitrogens is 2. The summed E-state index contributed by atoms with van der Waals surface area (Å²) < 4.78 is 19.4. The smallest absolute Gasteiger partial charge is 0.329 e. The van der Waals surface area contributed by atoms with E-state index in [-0.39, 0.29) is 40.4 Å². The summed E-state index contributed by atoms with van der Waals surface area (Å²) in [4.78, 5) is 69.8. The predicted molar refractivity (Wildman–Crippen MR) is 254 cm³/mol. The Balaban J connectivity index is 0.761. The number of hydrogen-bond acceptors (Lipinski definition) is 7. The second kappa shape index (κ2) is 18.0. The Morgan fingerprint density at radius 3 is 2.39 bits per heavy atom. The normalized spacial score (nSPS) is 28.1. The quantitative estimate of drug-likeness (QED) is 0.126. The Morgan fingerprint density at radius 1 is 0.894 bits per heavy atom. The van der Waals surface area contributed by atoms with Crippen LogP contribution >= 0.6 is 23.2 Å². The van der Waals surface area contributed by atoms with E-state index in [9.17, 15) is 24.0 Å². The molecule has 10 rings (SSSR count). The maximum Gasteiger partial charge on any atom is 0.329 e. The Hall–Kier alpha value is -4.82. The molecular formula is C51H58Cl2FN7O5. The van der Waals surface area contributed by atoms with Crippen molar-refractivity contribution >= 4 is 69.6 Å². The Bertz CT molecular complexity index is 2680. The molecule has 2 spiro atoms. The molecule has 4 amide bonds. The van der Waals surface area contributed by atoms with Crippen LogP contribution in [0.1, 0.15) is 112 Å². The van der Waals surface area contributed by atoms with E-state index < -0.39 is 40.7 Å². The molecule has 3 aromatic carbocycles. The number of fused-ring (bicyclic) bond motifs is 4. The van der Waals surface area contributed by atoms with Crippen LogP contribution in [-0.4, -0.2) is 75.4 Å². The van der Waals surface area contributed by atoms with Crippen molar-refractivity contribution in [1.29, 1.82) is 0 Å². The van der Waals surface area contributed by atoms with Gasteiger partial charge in [0.25, 0.3) is 0 Å². The number of halogens is 3. The molecule has 5 heterocycles. The molecule has 6 aliphatic rings. The molecule has 66 heavy (non-hydrogen) atoms. The fraction of sp³-hybridized carbons (Fsp3) is 0.510. The van der Waals surface area contributed by atoms with Crippen LogP contribution in [0.5, 0.6) is 0 Å². The van der Waals surface area contributed by atoms with Gasteiger partial charge in [-0.15, -0.1) is 0 Å². The minimum absolute atomic E-state index is 0.0411. The van der Waals surface area contributed by atoms with Crippen molar-refractivity contribution in [3.8, 4) is 0 Å². The van der Waals surface area contributed by atoms with Crippen LogP contribution in [0.25, 0.3) is 17.1 Å². The molecule has 0 radical (unpaired) electrons. The Labute approximate surface area is 394 Å². The minimum Gasteiger partial charge on any atom is -0.354 e. The summed E-state index contributed by atoms with van der Waals surface area (Å²) in [7, 11) is 1.73. The van der Waals surface area contributed by atoms with Crippen molar-refractivity contribution in [2.75, 3.05) is 31.5 Å². The van der Waals surface area contributed by atoms with Gasteiger partial charge in [-0.25, -0.2) is 9.18 Å². The van der Waals surface area contributed by atoms with Gasteiger partial charge in [0.1, 0.15) is 17.3 Å². The lowest BCUT2D eigenvalue weighted by atomic mass is 9.55. The number of para-hydroxylation sites is 1. The van der Waals surface area contributed by atoms with E-state index >= 15 is 4.39 Å². The maximum atomic E-state index is 16.3.